The number of alkyl halides is 3. The predicted molar refractivity (Wildman–Crippen MR) is 81.1 cm³/mol. The van der Waals surface area contributed by atoms with Crippen LogP contribution in [0.3, 0.4) is 0 Å². The van der Waals surface area contributed by atoms with Crippen molar-refractivity contribution in [3.05, 3.63) is 53.6 Å². The number of ether oxygens (including phenoxy) is 1. The minimum Gasteiger partial charge on any atom is -0.457 e. The average molecular weight is 309 g/mol. The van der Waals surface area contributed by atoms with E-state index in [0.717, 1.165) is 12.5 Å². The number of nitrogens with two attached hydrogens (primary N) is 1. The van der Waals surface area contributed by atoms with Gasteiger partial charge in [-0.25, -0.2) is 0 Å². The van der Waals surface area contributed by atoms with Gasteiger partial charge in [-0.05, 0) is 48.2 Å². The third kappa shape index (κ3) is 3.72. The quantitative estimate of drug-likeness (QED) is 0.747. The number of hydrogen-bond acceptors (Lipinski definition) is 2. The summed E-state index contributed by atoms with van der Waals surface area (Å²) in [6, 6.07) is 10.9. The molecule has 0 spiro atoms. The van der Waals surface area contributed by atoms with Gasteiger partial charge in [0.2, 0.25) is 0 Å². The lowest BCUT2D eigenvalue weighted by molar-refractivity contribution is -0.137. The maximum atomic E-state index is 12.8. The lowest BCUT2D eigenvalue weighted by atomic mass is 9.99. The first kappa shape index (κ1) is 16.2. The molecule has 0 fully saturated rings. The van der Waals surface area contributed by atoms with Crippen LogP contribution in [-0.2, 0) is 6.18 Å². The molecule has 2 rings (SSSR count). The first-order valence-electron chi connectivity index (χ1n) is 7.05. The molecule has 2 aromatic carbocycles. The van der Waals surface area contributed by atoms with Crippen LogP contribution in [-0.4, -0.2) is 0 Å². The summed E-state index contributed by atoms with van der Waals surface area (Å²) in [5, 5.41) is 0. The van der Waals surface area contributed by atoms with E-state index in [1.54, 1.807) is 12.1 Å². The molecule has 22 heavy (non-hydrogen) atoms. The van der Waals surface area contributed by atoms with E-state index in [1.165, 1.54) is 17.7 Å². The van der Waals surface area contributed by atoms with E-state index in [2.05, 4.69) is 13.8 Å². The molecule has 0 aliphatic rings. The van der Waals surface area contributed by atoms with Crippen LogP contribution in [0.4, 0.5) is 18.9 Å². The molecular weight excluding hydrogens is 291 g/mol. The zero-order valence-corrected chi connectivity index (χ0v) is 12.4. The summed E-state index contributed by atoms with van der Waals surface area (Å²) in [6.07, 6.45) is -3.48. The minimum absolute atomic E-state index is 0.109. The Bertz CT molecular complexity index is 635. The van der Waals surface area contributed by atoms with Crippen molar-refractivity contribution in [1.82, 2.24) is 0 Å². The normalized spacial score (nSPS) is 13.0. The smallest absolute Gasteiger partial charge is 0.418 e. The Morgan fingerprint density at radius 2 is 1.64 bits per heavy atom. The lowest BCUT2D eigenvalue weighted by Crippen LogP contribution is -2.08. The Kier molecular flexibility index (Phi) is 4.64. The van der Waals surface area contributed by atoms with Crippen molar-refractivity contribution in [2.24, 2.45) is 0 Å². The fraction of sp³-hybridized carbons (Fsp3) is 0.294. The summed E-state index contributed by atoms with van der Waals surface area (Å²) in [6.45, 7) is 4.22. The summed E-state index contributed by atoms with van der Waals surface area (Å²) < 4.78 is 43.9. The minimum atomic E-state index is -4.50. The summed E-state index contributed by atoms with van der Waals surface area (Å²) in [5.74, 6) is 1.03. The van der Waals surface area contributed by atoms with Crippen molar-refractivity contribution in [1.29, 1.82) is 0 Å². The van der Waals surface area contributed by atoms with Crippen molar-refractivity contribution in [2.45, 2.75) is 32.4 Å². The van der Waals surface area contributed by atoms with Gasteiger partial charge in [-0.15, -0.1) is 0 Å². The molecule has 0 saturated carbocycles. The van der Waals surface area contributed by atoms with Gasteiger partial charge in [0, 0.05) is 5.69 Å². The number of hydrogen-bond donors (Lipinski definition) is 1. The fourth-order valence-electron chi connectivity index (χ4n) is 2.08. The highest BCUT2D eigenvalue weighted by Gasteiger charge is 2.33. The van der Waals surface area contributed by atoms with Gasteiger partial charge < -0.3 is 10.5 Å². The second-order valence-electron chi connectivity index (χ2n) is 5.23. The third-order valence-electron chi connectivity index (χ3n) is 3.63. The monoisotopic (exact) mass is 309 g/mol. The van der Waals surface area contributed by atoms with Crippen LogP contribution in [0.5, 0.6) is 11.5 Å². The Labute approximate surface area is 127 Å². The molecule has 0 aliphatic heterocycles. The number of anilines is 1. The van der Waals surface area contributed by atoms with Gasteiger partial charge in [0.05, 0.1) is 5.56 Å². The van der Waals surface area contributed by atoms with Gasteiger partial charge in [-0.2, -0.15) is 13.2 Å². The molecule has 5 heteroatoms. The standard InChI is InChI=1S/C17H18F3NO/c1-3-11(2)12-4-6-13(7-5-12)22-14-8-9-16(21)15(10-14)17(18,19)20/h4-11H,3,21H2,1-2H3. The largest absolute Gasteiger partial charge is 0.457 e. The molecule has 1 unspecified atom stereocenters. The van der Waals surface area contributed by atoms with Crippen LogP contribution in [0.2, 0.25) is 0 Å². The SMILES string of the molecule is CCC(C)c1ccc(Oc2ccc(N)c(C(F)(F)F)c2)cc1. The van der Waals surface area contributed by atoms with Crippen molar-refractivity contribution >= 4 is 5.69 Å². The molecule has 1 atom stereocenters. The van der Waals surface area contributed by atoms with Crippen LogP contribution < -0.4 is 10.5 Å². The predicted octanol–water partition coefficient (Wildman–Crippen LogP) is 5.59. The Balaban J connectivity index is 2.21. The van der Waals surface area contributed by atoms with E-state index in [1.807, 2.05) is 12.1 Å². The molecule has 0 amide bonds. The Hall–Kier alpha value is -2.17. The van der Waals surface area contributed by atoms with E-state index in [4.69, 9.17) is 10.5 Å². The molecule has 0 aliphatic carbocycles. The van der Waals surface area contributed by atoms with E-state index in [9.17, 15) is 13.2 Å². The van der Waals surface area contributed by atoms with E-state index < -0.39 is 11.7 Å². The molecule has 0 radical (unpaired) electrons. The second kappa shape index (κ2) is 6.30. The first-order chi connectivity index (χ1) is 10.3. The maximum Gasteiger partial charge on any atom is 0.418 e. The highest BCUT2D eigenvalue weighted by Crippen LogP contribution is 2.36. The van der Waals surface area contributed by atoms with Gasteiger partial charge in [0.1, 0.15) is 11.5 Å². The van der Waals surface area contributed by atoms with Gasteiger partial charge in [0.15, 0.2) is 0 Å². The number of nitrogen functional groups attached to an aromatic ring is 1. The first-order valence-corrected chi connectivity index (χ1v) is 7.05. The number of benzene rings is 2. The second-order valence-corrected chi connectivity index (χ2v) is 5.23. The van der Waals surface area contributed by atoms with Crippen molar-refractivity contribution in [2.75, 3.05) is 5.73 Å². The topological polar surface area (TPSA) is 35.2 Å². The molecule has 0 bridgehead atoms. The van der Waals surface area contributed by atoms with Crippen LogP contribution in [0.15, 0.2) is 42.5 Å². The molecule has 0 heterocycles. The average Bonchev–Trinajstić information content (AvgIpc) is 2.48. The van der Waals surface area contributed by atoms with Crippen molar-refractivity contribution in [3.8, 4) is 11.5 Å². The van der Waals surface area contributed by atoms with Crippen LogP contribution >= 0.6 is 0 Å². The Morgan fingerprint density at radius 3 is 2.18 bits per heavy atom. The summed E-state index contributed by atoms with van der Waals surface area (Å²) in [7, 11) is 0. The molecule has 2 nitrogen and oxygen atoms in total. The van der Waals surface area contributed by atoms with Gasteiger partial charge in [-0.1, -0.05) is 26.0 Å². The zero-order valence-electron chi connectivity index (χ0n) is 12.4. The van der Waals surface area contributed by atoms with E-state index in [0.29, 0.717) is 11.7 Å². The van der Waals surface area contributed by atoms with E-state index in [-0.39, 0.29) is 11.4 Å². The Morgan fingerprint density at radius 1 is 1.05 bits per heavy atom. The van der Waals surface area contributed by atoms with Gasteiger partial charge in [-0.3, -0.25) is 0 Å². The fourth-order valence-corrected chi connectivity index (χ4v) is 2.08. The molecular formula is C17H18F3NO. The van der Waals surface area contributed by atoms with Crippen LogP contribution in [0.1, 0.15) is 37.3 Å². The highest BCUT2D eigenvalue weighted by molar-refractivity contribution is 5.52. The summed E-state index contributed by atoms with van der Waals surface area (Å²) in [4.78, 5) is 0. The molecule has 0 aromatic heterocycles. The van der Waals surface area contributed by atoms with E-state index >= 15 is 0 Å². The van der Waals surface area contributed by atoms with Crippen molar-refractivity contribution < 1.29 is 17.9 Å². The van der Waals surface area contributed by atoms with Gasteiger partial charge in [0.25, 0.3) is 0 Å². The van der Waals surface area contributed by atoms with Crippen molar-refractivity contribution in [3.63, 3.8) is 0 Å². The number of rotatable bonds is 4. The molecule has 118 valence electrons. The molecule has 2 aromatic rings. The lowest BCUT2D eigenvalue weighted by Gasteiger charge is -2.13. The highest BCUT2D eigenvalue weighted by atomic mass is 19.4. The summed E-state index contributed by atoms with van der Waals surface area (Å²) >= 11 is 0. The molecule has 2 N–H and O–H groups in total. The summed E-state index contributed by atoms with van der Waals surface area (Å²) in [5.41, 5.74) is 5.33. The maximum absolute atomic E-state index is 12.8. The third-order valence-corrected chi connectivity index (χ3v) is 3.63. The molecule has 0 saturated heterocycles. The van der Waals surface area contributed by atoms with Gasteiger partial charge >= 0.3 is 6.18 Å². The number of halogens is 3. The zero-order chi connectivity index (χ0) is 16.3. The van der Waals surface area contributed by atoms with Crippen LogP contribution in [0.25, 0.3) is 0 Å². The van der Waals surface area contributed by atoms with Crippen LogP contribution in [0, 0.1) is 0 Å².